The Morgan fingerprint density at radius 2 is 2.00 bits per heavy atom. The fourth-order valence-electron chi connectivity index (χ4n) is 5.24. The second kappa shape index (κ2) is 12.8. The fourth-order valence-corrected chi connectivity index (χ4v) is 5.24. The average Bonchev–Trinajstić information content (AvgIpc) is 3.69. The SMILES string of the molecule is CCNC(=O)[C@H]1O[C@@H](n2cnc3c(NCc4cccn4C)nc(C#CCC4CCN(C(=O)OC)CC4)nc32)C(O)[C@H]1O. The van der Waals surface area contributed by atoms with Crippen LogP contribution in [0.4, 0.5) is 10.6 Å². The molecule has 3 aromatic heterocycles. The molecule has 5 rings (SSSR count). The summed E-state index contributed by atoms with van der Waals surface area (Å²) in [6, 6.07) is 3.94. The number of imidazole rings is 1. The number of piperidine rings is 1. The highest BCUT2D eigenvalue weighted by Crippen LogP contribution is 2.33. The molecule has 42 heavy (non-hydrogen) atoms. The van der Waals surface area contributed by atoms with Gasteiger partial charge in [-0.15, -0.1) is 0 Å². The molecule has 2 saturated heterocycles. The summed E-state index contributed by atoms with van der Waals surface area (Å²) in [5.41, 5.74) is 1.79. The maximum absolute atomic E-state index is 12.4. The third-order valence-electron chi connectivity index (χ3n) is 7.67. The predicted molar refractivity (Wildman–Crippen MR) is 151 cm³/mol. The lowest BCUT2D eigenvalue weighted by atomic mass is 9.94. The minimum atomic E-state index is -1.43. The molecular formula is C28H36N8O6. The van der Waals surface area contributed by atoms with E-state index in [1.165, 1.54) is 18.0 Å². The maximum Gasteiger partial charge on any atom is 0.409 e. The number of hydrogen-bond acceptors (Lipinski definition) is 10. The number of amides is 2. The molecule has 0 aliphatic carbocycles. The van der Waals surface area contributed by atoms with E-state index in [9.17, 15) is 19.8 Å². The number of fused-ring (bicyclic) bond motifs is 1. The van der Waals surface area contributed by atoms with Crippen LogP contribution in [0, 0.1) is 17.8 Å². The third-order valence-corrected chi connectivity index (χ3v) is 7.67. The number of aryl methyl sites for hydroxylation is 1. The Morgan fingerprint density at radius 3 is 2.69 bits per heavy atom. The molecule has 0 aromatic carbocycles. The van der Waals surface area contributed by atoms with Crippen LogP contribution in [-0.4, -0.2) is 96.3 Å². The van der Waals surface area contributed by atoms with Gasteiger partial charge in [0.05, 0.1) is 20.0 Å². The monoisotopic (exact) mass is 580 g/mol. The second-order valence-corrected chi connectivity index (χ2v) is 10.4. The largest absolute Gasteiger partial charge is 0.453 e. The Kier molecular flexibility index (Phi) is 8.91. The minimum Gasteiger partial charge on any atom is -0.453 e. The van der Waals surface area contributed by atoms with E-state index in [4.69, 9.17) is 9.47 Å². The molecule has 2 amide bonds. The van der Waals surface area contributed by atoms with Gasteiger partial charge in [-0.3, -0.25) is 9.36 Å². The summed E-state index contributed by atoms with van der Waals surface area (Å²) < 4.78 is 14.1. The first-order chi connectivity index (χ1) is 20.3. The number of ether oxygens (including phenoxy) is 2. The molecule has 0 spiro atoms. The normalized spacial score (nSPS) is 22.5. The minimum absolute atomic E-state index is 0.249. The van der Waals surface area contributed by atoms with Gasteiger partial charge in [-0.25, -0.2) is 19.7 Å². The number of nitrogens with zero attached hydrogens (tertiary/aromatic N) is 6. The lowest BCUT2D eigenvalue weighted by Gasteiger charge is -2.29. The summed E-state index contributed by atoms with van der Waals surface area (Å²) in [5, 5.41) is 27.3. The number of methoxy groups -OCH3 is 1. The van der Waals surface area contributed by atoms with Gasteiger partial charge in [0.1, 0.15) is 12.2 Å². The smallest absolute Gasteiger partial charge is 0.409 e. The van der Waals surface area contributed by atoms with Gasteiger partial charge in [0.15, 0.2) is 29.3 Å². The molecule has 224 valence electrons. The van der Waals surface area contributed by atoms with Gasteiger partial charge < -0.3 is 39.8 Å². The van der Waals surface area contributed by atoms with Crippen LogP contribution >= 0.6 is 0 Å². The predicted octanol–water partition coefficient (Wildman–Crippen LogP) is 0.752. The number of aromatic nitrogens is 5. The van der Waals surface area contributed by atoms with E-state index in [2.05, 4.69) is 37.4 Å². The summed E-state index contributed by atoms with van der Waals surface area (Å²) >= 11 is 0. The Bertz CT molecular complexity index is 1480. The van der Waals surface area contributed by atoms with Crippen molar-refractivity contribution < 1.29 is 29.3 Å². The van der Waals surface area contributed by atoms with E-state index >= 15 is 0 Å². The molecule has 2 aliphatic heterocycles. The van der Waals surface area contributed by atoms with Crippen molar-refractivity contribution in [3.05, 3.63) is 36.2 Å². The molecular weight excluding hydrogens is 544 g/mol. The zero-order chi connectivity index (χ0) is 29.8. The molecule has 4 N–H and O–H groups in total. The number of hydrogen-bond donors (Lipinski definition) is 4. The highest BCUT2D eigenvalue weighted by molar-refractivity contribution is 5.84. The van der Waals surface area contributed by atoms with E-state index in [0.29, 0.717) is 55.5 Å². The molecule has 14 nitrogen and oxygen atoms in total. The van der Waals surface area contributed by atoms with Crippen LogP contribution in [0.1, 0.15) is 43.9 Å². The standard InChI is InChI=1S/C28H36N8O6/c1-4-29-26(39)23-21(37)22(38)27(42-23)36-16-31-20-24(30-15-18-8-6-12-34(18)2)32-19(33-25(20)36)9-5-7-17-10-13-35(14-11-17)28(40)41-3/h6,8,12,16-17,21-23,27,37-38H,4,7,10-11,13-15H2,1-3H3,(H,29,39)(H,30,32,33)/t21-,22?,23+,27-/m1/s1. The number of carbonyl (C=O) groups is 2. The van der Waals surface area contributed by atoms with Gasteiger partial charge in [-0.05, 0) is 43.7 Å². The van der Waals surface area contributed by atoms with Crippen LogP contribution in [-0.2, 0) is 27.9 Å². The number of rotatable bonds is 7. The molecule has 0 radical (unpaired) electrons. The summed E-state index contributed by atoms with van der Waals surface area (Å²) in [7, 11) is 3.33. The zero-order valence-corrected chi connectivity index (χ0v) is 23.9. The number of carbonyl (C=O) groups excluding carboxylic acids is 2. The van der Waals surface area contributed by atoms with Gasteiger partial charge in [-0.1, -0.05) is 5.92 Å². The number of aliphatic hydroxyl groups excluding tert-OH is 2. The zero-order valence-electron chi connectivity index (χ0n) is 23.9. The van der Waals surface area contributed by atoms with Crippen LogP contribution < -0.4 is 10.6 Å². The quantitative estimate of drug-likeness (QED) is 0.293. The van der Waals surface area contributed by atoms with Crippen molar-refractivity contribution in [2.45, 2.75) is 57.3 Å². The second-order valence-electron chi connectivity index (χ2n) is 10.4. The van der Waals surface area contributed by atoms with Crippen molar-refractivity contribution in [3.63, 3.8) is 0 Å². The van der Waals surface area contributed by atoms with Gasteiger partial charge in [0.25, 0.3) is 5.91 Å². The van der Waals surface area contributed by atoms with E-state index in [1.54, 1.807) is 11.8 Å². The lowest BCUT2D eigenvalue weighted by molar-refractivity contribution is -0.137. The first-order valence-electron chi connectivity index (χ1n) is 14.0. The Hall–Kier alpha value is -4.19. The van der Waals surface area contributed by atoms with E-state index < -0.39 is 30.4 Å². The number of anilines is 1. The van der Waals surface area contributed by atoms with E-state index in [1.807, 2.05) is 29.9 Å². The van der Waals surface area contributed by atoms with Crippen LogP contribution in [0.3, 0.4) is 0 Å². The molecule has 14 heteroatoms. The molecule has 0 bridgehead atoms. The summed E-state index contributed by atoms with van der Waals surface area (Å²) in [6.45, 7) is 3.83. The average molecular weight is 581 g/mol. The number of likely N-dealkylation sites (tertiary alicyclic amines) is 1. The van der Waals surface area contributed by atoms with Crippen LogP contribution in [0.25, 0.3) is 11.2 Å². The van der Waals surface area contributed by atoms with E-state index in [0.717, 1.165) is 18.5 Å². The van der Waals surface area contributed by atoms with Crippen molar-refractivity contribution in [1.82, 2.24) is 34.3 Å². The van der Waals surface area contributed by atoms with Crippen LogP contribution in [0.2, 0.25) is 0 Å². The van der Waals surface area contributed by atoms with Crippen molar-refractivity contribution in [2.24, 2.45) is 13.0 Å². The lowest BCUT2D eigenvalue weighted by Crippen LogP contribution is -2.42. The van der Waals surface area contributed by atoms with Crippen LogP contribution in [0.5, 0.6) is 0 Å². The highest BCUT2D eigenvalue weighted by atomic mass is 16.6. The topological polar surface area (TPSA) is 169 Å². The molecule has 4 atom stereocenters. The number of likely N-dealkylation sites (N-methyl/N-ethyl adjacent to an activating group) is 1. The highest BCUT2D eigenvalue weighted by Gasteiger charge is 2.47. The third kappa shape index (κ3) is 6.03. The Balaban J connectivity index is 1.41. The molecule has 5 heterocycles. The number of aliphatic hydroxyl groups is 2. The maximum atomic E-state index is 12.4. The molecule has 0 saturated carbocycles. The van der Waals surface area contributed by atoms with E-state index in [-0.39, 0.29) is 11.9 Å². The Morgan fingerprint density at radius 1 is 1.21 bits per heavy atom. The fraction of sp³-hybridized carbons (Fsp3) is 0.536. The molecule has 2 aliphatic rings. The first kappa shape index (κ1) is 29.3. The summed E-state index contributed by atoms with van der Waals surface area (Å²) in [6.07, 6.45) is 0.177. The van der Waals surface area contributed by atoms with Gasteiger partial charge >= 0.3 is 6.09 Å². The first-order valence-corrected chi connectivity index (χ1v) is 14.0. The van der Waals surface area contributed by atoms with Crippen molar-refractivity contribution in [3.8, 4) is 11.8 Å². The van der Waals surface area contributed by atoms with Gasteiger partial charge in [0, 0.05) is 45.0 Å². The molecule has 2 fully saturated rings. The van der Waals surface area contributed by atoms with Gasteiger partial charge in [-0.2, -0.15) is 0 Å². The Labute approximate surface area is 243 Å². The molecule has 3 aromatic rings. The summed E-state index contributed by atoms with van der Waals surface area (Å²) in [5.74, 6) is 6.77. The van der Waals surface area contributed by atoms with Crippen molar-refractivity contribution in [2.75, 3.05) is 32.1 Å². The van der Waals surface area contributed by atoms with Crippen molar-refractivity contribution in [1.29, 1.82) is 0 Å². The van der Waals surface area contributed by atoms with Crippen LogP contribution in [0.15, 0.2) is 24.7 Å². The number of nitrogens with one attached hydrogen (secondary N) is 2. The van der Waals surface area contributed by atoms with Gasteiger partial charge in [0.2, 0.25) is 5.82 Å². The van der Waals surface area contributed by atoms with Crippen molar-refractivity contribution >= 4 is 29.0 Å². The summed E-state index contributed by atoms with van der Waals surface area (Å²) in [4.78, 5) is 39.6. The molecule has 1 unspecified atom stereocenters.